The second-order valence-corrected chi connectivity index (χ2v) is 4.06. The third kappa shape index (κ3) is 1.82. The van der Waals surface area contributed by atoms with Gasteiger partial charge in [0.15, 0.2) is 0 Å². The van der Waals surface area contributed by atoms with Crippen molar-refractivity contribution in [1.29, 1.82) is 0 Å². The molecule has 0 saturated heterocycles. The molecule has 1 nitrogen and oxygen atoms in total. The normalized spacial score (nSPS) is 23.5. The summed E-state index contributed by atoms with van der Waals surface area (Å²) in [7, 11) is 0. The van der Waals surface area contributed by atoms with Crippen molar-refractivity contribution >= 4 is 34.8 Å². The standard InChI is InChI=1S/C6H5Cl3O/c7-4-3-6(8,9)2-1-5(4)10/h1-2,10H,3H2. The van der Waals surface area contributed by atoms with Crippen LogP contribution in [0.1, 0.15) is 6.42 Å². The van der Waals surface area contributed by atoms with Crippen LogP contribution in [0, 0.1) is 0 Å². The third-order valence-corrected chi connectivity index (χ3v) is 2.00. The lowest BCUT2D eigenvalue weighted by atomic mass is 10.1. The summed E-state index contributed by atoms with van der Waals surface area (Å²) in [5.74, 6) is 0.0404. The molecule has 0 bridgehead atoms. The highest BCUT2D eigenvalue weighted by atomic mass is 35.5. The Morgan fingerprint density at radius 2 is 2.10 bits per heavy atom. The minimum Gasteiger partial charge on any atom is -0.507 e. The lowest BCUT2D eigenvalue weighted by Gasteiger charge is -2.18. The lowest BCUT2D eigenvalue weighted by molar-refractivity contribution is 0.423. The van der Waals surface area contributed by atoms with Crippen LogP contribution in [0.2, 0.25) is 0 Å². The molecule has 1 aliphatic carbocycles. The van der Waals surface area contributed by atoms with Crippen LogP contribution in [0.4, 0.5) is 0 Å². The maximum atomic E-state index is 8.95. The van der Waals surface area contributed by atoms with E-state index in [2.05, 4.69) is 0 Å². The largest absolute Gasteiger partial charge is 0.507 e. The number of hydrogen-bond donors (Lipinski definition) is 1. The summed E-state index contributed by atoms with van der Waals surface area (Å²) in [4.78, 5) is 0. The molecule has 0 aromatic rings. The molecular weight excluding hydrogens is 194 g/mol. The average Bonchev–Trinajstić information content (AvgIpc) is 1.79. The minimum atomic E-state index is -0.955. The first-order valence-electron chi connectivity index (χ1n) is 2.66. The van der Waals surface area contributed by atoms with Crippen LogP contribution in [0.5, 0.6) is 0 Å². The Hall–Kier alpha value is 0.150. The Bertz CT molecular complexity index is 205. The molecule has 56 valence electrons. The van der Waals surface area contributed by atoms with Crippen LogP contribution < -0.4 is 0 Å². The summed E-state index contributed by atoms with van der Waals surface area (Å²) in [6.45, 7) is 0. The zero-order chi connectivity index (χ0) is 7.78. The summed E-state index contributed by atoms with van der Waals surface area (Å²) in [6.07, 6.45) is 3.16. The van der Waals surface area contributed by atoms with Crippen molar-refractivity contribution in [2.45, 2.75) is 10.8 Å². The van der Waals surface area contributed by atoms with Crippen LogP contribution in [0.15, 0.2) is 22.9 Å². The van der Waals surface area contributed by atoms with E-state index in [4.69, 9.17) is 39.9 Å². The highest BCUT2D eigenvalue weighted by Crippen LogP contribution is 2.36. The SMILES string of the molecule is OC1=C(Cl)CC(Cl)(Cl)C=C1. The molecule has 0 saturated carbocycles. The van der Waals surface area contributed by atoms with Crippen molar-refractivity contribution in [3.8, 4) is 0 Å². The van der Waals surface area contributed by atoms with Gasteiger partial charge in [-0.25, -0.2) is 0 Å². The van der Waals surface area contributed by atoms with E-state index in [1.54, 1.807) is 0 Å². The van der Waals surface area contributed by atoms with Crippen LogP contribution in [0.3, 0.4) is 0 Å². The fourth-order valence-corrected chi connectivity index (χ4v) is 1.45. The van der Waals surface area contributed by atoms with Gasteiger partial charge in [-0.2, -0.15) is 0 Å². The molecule has 0 amide bonds. The first-order valence-corrected chi connectivity index (χ1v) is 3.79. The van der Waals surface area contributed by atoms with Gasteiger partial charge in [-0.15, -0.1) is 0 Å². The van der Waals surface area contributed by atoms with Crippen molar-refractivity contribution in [2.75, 3.05) is 0 Å². The number of halogens is 3. The van der Waals surface area contributed by atoms with Gasteiger partial charge in [-0.05, 0) is 12.2 Å². The molecular formula is C6H5Cl3O. The molecule has 0 atom stereocenters. The summed E-state index contributed by atoms with van der Waals surface area (Å²) in [5.41, 5.74) is 0. The second kappa shape index (κ2) is 2.65. The molecule has 0 aromatic carbocycles. The van der Waals surface area contributed by atoms with E-state index >= 15 is 0 Å². The number of aliphatic hydroxyl groups excluding tert-OH is 1. The predicted molar refractivity (Wildman–Crippen MR) is 43.7 cm³/mol. The molecule has 0 fully saturated rings. The molecule has 0 unspecified atom stereocenters. The van der Waals surface area contributed by atoms with Gasteiger partial charge in [0.1, 0.15) is 10.1 Å². The Morgan fingerprint density at radius 1 is 1.50 bits per heavy atom. The van der Waals surface area contributed by atoms with Gasteiger partial charge in [0.25, 0.3) is 0 Å². The van der Waals surface area contributed by atoms with E-state index < -0.39 is 4.33 Å². The number of rotatable bonds is 0. The number of alkyl halides is 2. The van der Waals surface area contributed by atoms with Crippen molar-refractivity contribution in [2.24, 2.45) is 0 Å². The van der Waals surface area contributed by atoms with Gasteiger partial charge in [-0.1, -0.05) is 34.8 Å². The molecule has 4 heteroatoms. The van der Waals surface area contributed by atoms with Gasteiger partial charge < -0.3 is 5.11 Å². The maximum absolute atomic E-state index is 8.95. The first kappa shape index (κ1) is 8.25. The zero-order valence-corrected chi connectivity index (χ0v) is 7.21. The summed E-state index contributed by atoms with van der Waals surface area (Å²) in [5, 5.41) is 9.25. The van der Waals surface area contributed by atoms with Gasteiger partial charge >= 0.3 is 0 Å². The third-order valence-electron chi connectivity index (χ3n) is 1.15. The van der Waals surface area contributed by atoms with Crippen LogP contribution in [-0.2, 0) is 0 Å². The molecule has 1 rings (SSSR count). The monoisotopic (exact) mass is 198 g/mol. The molecule has 0 heterocycles. The zero-order valence-electron chi connectivity index (χ0n) is 4.94. The average molecular weight is 199 g/mol. The smallest absolute Gasteiger partial charge is 0.141 e. The van der Waals surface area contributed by atoms with Crippen molar-refractivity contribution in [3.05, 3.63) is 22.9 Å². The molecule has 1 N–H and O–H groups in total. The quantitative estimate of drug-likeness (QED) is 0.594. The van der Waals surface area contributed by atoms with Gasteiger partial charge in [-0.3, -0.25) is 0 Å². The number of allylic oxidation sites excluding steroid dienone is 3. The number of aliphatic hydroxyl groups is 1. The predicted octanol–water partition coefficient (Wildman–Crippen LogP) is 3.13. The summed E-state index contributed by atoms with van der Waals surface area (Å²) in [6, 6.07) is 0. The molecule has 0 spiro atoms. The fraction of sp³-hybridized carbons (Fsp3) is 0.333. The van der Waals surface area contributed by atoms with Crippen LogP contribution in [-0.4, -0.2) is 9.44 Å². The molecule has 0 aliphatic heterocycles. The van der Waals surface area contributed by atoms with Crippen LogP contribution >= 0.6 is 34.8 Å². The van der Waals surface area contributed by atoms with Gasteiger partial charge in [0.05, 0.1) is 5.03 Å². The lowest BCUT2D eigenvalue weighted by Crippen LogP contribution is -2.12. The summed E-state index contributed by atoms with van der Waals surface area (Å²) >= 11 is 16.9. The first-order chi connectivity index (χ1) is 4.51. The highest BCUT2D eigenvalue weighted by molar-refractivity contribution is 6.50. The van der Waals surface area contributed by atoms with Gasteiger partial charge in [0.2, 0.25) is 0 Å². The fourth-order valence-electron chi connectivity index (χ4n) is 0.648. The van der Waals surface area contributed by atoms with Gasteiger partial charge in [0, 0.05) is 6.42 Å². The topological polar surface area (TPSA) is 20.2 Å². The maximum Gasteiger partial charge on any atom is 0.141 e. The Labute approximate surface area is 73.9 Å². The second-order valence-electron chi connectivity index (χ2n) is 2.06. The molecule has 0 aromatic heterocycles. The highest BCUT2D eigenvalue weighted by Gasteiger charge is 2.26. The van der Waals surface area contributed by atoms with E-state index in [1.165, 1.54) is 12.2 Å². The Kier molecular flexibility index (Phi) is 2.18. The Balaban J connectivity index is 2.85. The molecule has 1 aliphatic rings. The Morgan fingerprint density at radius 3 is 2.50 bits per heavy atom. The molecule has 0 radical (unpaired) electrons. The minimum absolute atomic E-state index is 0.0404. The summed E-state index contributed by atoms with van der Waals surface area (Å²) < 4.78 is -0.955. The molecule has 10 heavy (non-hydrogen) atoms. The van der Waals surface area contributed by atoms with E-state index in [0.717, 1.165) is 0 Å². The van der Waals surface area contributed by atoms with Crippen molar-refractivity contribution < 1.29 is 5.11 Å². The van der Waals surface area contributed by atoms with E-state index in [-0.39, 0.29) is 12.2 Å². The van der Waals surface area contributed by atoms with E-state index in [1.807, 2.05) is 0 Å². The van der Waals surface area contributed by atoms with E-state index in [0.29, 0.717) is 5.03 Å². The van der Waals surface area contributed by atoms with Crippen molar-refractivity contribution in [1.82, 2.24) is 0 Å². The number of hydrogen-bond acceptors (Lipinski definition) is 1. The van der Waals surface area contributed by atoms with E-state index in [9.17, 15) is 0 Å². The van der Waals surface area contributed by atoms with Crippen LogP contribution in [0.25, 0.3) is 0 Å². The van der Waals surface area contributed by atoms with Crippen molar-refractivity contribution in [3.63, 3.8) is 0 Å².